The van der Waals surface area contributed by atoms with E-state index in [4.69, 9.17) is 0 Å². The molecule has 3 N–H and O–H groups in total. The lowest BCUT2D eigenvalue weighted by Gasteiger charge is -2.49. The van der Waals surface area contributed by atoms with Crippen LogP contribution < -0.4 is 10.9 Å². The van der Waals surface area contributed by atoms with Gasteiger partial charge in [0, 0.05) is 35.3 Å². The van der Waals surface area contributed by atoms with Crippen molar-refractivity contribution in [2.45, 2.75) is 44.2 Å². The summed E-state index contributed by atoms with van der Waals surface area (Å²) in [4.78, 5) is 24.7. The molecule has 1 atom stereocenters. The standard InChI is InChI=1S/C22H25FN2O4/c23-18-6-2-1-5-15(18)16-11-19(26)25(12-17(16)20(27)28)14-22(29)9-10-24-13-21(22)7-3-4-8-21/h1-2,5-6,11-12,24,29H,3-4,7-10,13-14H2,(H,27,28)/t22-/m1/s1. The van der Waals surface area contributed by atoms with Crippen molar-refractivity contribution in [1.29, 1.82) is 0 Å². The van der Waals surface area contributed by atoms with Crippen molar-refractivity contribution in [3.05, 3.63) is 58.3 Å². The summed E-state index contributed by atoms with van der Waals surface area (Å²) in [5, 5.41) is 24.6. The lowest BCUT2D eigenvalue weighted by Crippen LogP contribution is -2.60. The summed E-state index contributed by atoms with van der Waals surface area (Å²) >= 11 is 0. The first kappa shape index (κ1) is 19.8. The first-order valence-electron chi connectivity index (χ1n) is 10.0. The average Bonchev–Trinajstić information content (AvgIpc) is 3.16. The summed E-state index contributed by atoms with van der Waals surface area (Å²) in [7, 11) is 0. The minimum atomic E-state index is -1.25. The molecule has 1 aliphatic carbocycles. The van der Waals surface area contributed by atoms with Gasteiger partial charge in [-0.3, -0.25) is 4.79 Å². The van der Waals surface area contributed by atoms with Crippen LogP contribution in [0.1, 0.15) is 42.5 Å². The Balaban J connectivity index is 1.77. The Morgan fingerprint density at radius 1 is 1.17 bits per heavy atom. The van der Waals surface area contributed by atoms with Crippen LogP contribution in [0, 0.1) is 11.2 Å². The van der Waals surface area contributed by atoms with Crippen LogP contribution in [0.2, 0.25) is 0 Å². The molecule has 1 saturated heterocycles. The van der Waals surface area contributed by atoms with Gasteiger partial charge in [0.2, 0.25) is 0 Å². The van der Waals surface area contributed by atoms with Gasteiger partial charge < -0.3 is 20.1 Å². The van der Waals surface area contributed by atoms with E-state index in [-0.39, 0.29) is 28.7 Å². The van der Waals surface area contributed by atoms with Gasteiger partial charge in [-0.25, -0.2) is 9.18 Å². The van der Waals surface area contributed by atoms with Crippen LogP contribution in [0.25, 0.3) is 11.1 Å². The third-order valence-corrected chi connectivity index (χ3v) is 6.68. The van der Waals surface area contributed by atoms with E-state index in [1.807, 2.05) is 0 Å². The van der Waals surface area contributed by atoms with Gasteiger partial charge in [0.15, 0.2) is 0 Å². The van der Waals surface area contributed by atoms with E-state index in [0.717, 1.165) is 31.7 Å². The number of aromatic nitrogens is 1. The van der Waals surface area contributed by atoms with Gasteiger partial charge in [0.05, 0.1) is 17.7 Å². The van der Waals surface area contributed by atoms with Gasteiger partial charge >= 0.3 is 5.97 Å². The monoisotopic (exact) mass is 400 g/mol. The van der Waals surface area contributed by atoms with Crippen molar-refractivity contribution >= 4 is 5.97 Å². The molecule has 1 saturated carbocycles. The largest absolute Gasteiger partial charge is 0.478 e. The molecular weight excluding hydrogens is 375 g/mol. The number of carboxylic acids is 1. The molecule has 0 unspecified atom stereocenters. The van der Waals surface area contributed by atoms with Gasteiger partial charge in [-0.15, -0.1) is 0 Å². The van der Waals surface area contributed by atoms with Crippen LogP contribution in [-0.4, -0.2) is 39.4 Å². The first-order valence-corrected chi connectivity index (χ1v) is 10.0. The third-order valence-electron chi connectivity index (χ3n) is 6.68. The van der Waals surface area contributed by atoms with Crippen molar-refractivity contribution in [3.63, 3.8) is 0 Å². The summed E-state index contributed by atoms with van der Waals surface area (Å²) in [5.74, 6) is -1.83. The van der Waals surface area contributed by atoms with Gasteiger partial charge in [-0.05, 0) is 31.9 Å². The van der Waals surface area contributed by atoms with Crippen molar-refractivity contribution in [2.75, 3.05) is 13.1 Å². The minimum absolute atomic E-state index is 0.0331. The average molecular weight is 400 g/mol. The van der Waals surface area contributed by atoms with Crippen LogP contribution in [0.4, 0.5) is 4.39 Å². The number of rotatable bonds is 4. The molecule has 2 aliphatic rings. The second-order valence-corrected chi connectivity index (χ2v) is 8.30. The van der Waals surface area contributed by atoms with Crippen molar-refractivity contribution in [1.82, 2.24) is 9.88 Å². The normalized spacial score (nSPS) is 23.4. The van der Waals surface area contributed by atoms with E-state index >= 15 is 0 Å². The molecular formula is C22H25FN2O4. The second kappa shape index (κ2) is 7.39. The zero-order chi connectivity index (χ0) is 20.6. The van der Waals surface area contributed by atoms with Crippen LogP contribution in [-0.2, 0) is 6.54 Å². The van der Waals surface area contributed by atoms with E-state index in [1.54, 1.807) is 6.07 Å². The molecule has 7 heteroatoms. The fraction of sp³-hybridized carbons (Fsp3) is 0.455. The fourth-order valence-corrected chi connectivity index (χ4v) is 5.04. The van der Waals surface area contributed by atoms with E-state index in [2.05, 4.69) is 5.32 Å². The quantitative estimate of drug-likeness (QED) is 0.734. The Morgan fingerprint density at radius 3 is 2.59 bits per heavy atom. The van der Waals surface area contributed by atoms with E-state index < -0.39 is 22.9 Å². The number of nitrogens with zero attached hydrogens (tertiary/aromatic N) is 1. The third kappa shape index (κ3) is 3.38. The molecule has 2 aromatic rings. The number of aromatic carboxylic acids is 1. The number of halogens is 1. The number of piperidine rings is 1. The van der Waals surface area contributed by atoms with Gasteiger partial charge in [0.25, 0.3) is 5.56 Å². The Morgan fingerprint density at radius 2 is 1.90 bits per heavy atom. The lowest BCUT2D eigenvalue weighted by atomic mass is 9.66. The molecule has 1 aliphatic heterocycles. The molecule has 0 bridgehead atoms. The molecule has 2 fully saturated rings. The molecule has 4 rings (SSSR count). The predicted octanol–water partition coefficient (Wildman–Crippen LogP) is 2.64. The zero-order valence-electron chi connectivity index (χ0n) is 16.2. The maximum atomic E-state index is 14.2. The van der Waals surface area contributed by atoms with Crippen LogP contribution in [0.15, 0.2) is 41.3 Å². The molecule has 29 heavy (non-hydrogen) atoms. The number of carboxylic acid groups (broad SMARTS) is 1. The number of hydrogen-bond donors (Lipinski definition) is 3. The van der Waals surface area contributed by atoms with Gasteiger partial charge in [-0.2, -0.15) is 0 Å². The van der Waals surface area contributed by atoms with Crippen LogP contribution in [0.3, 0.4) is 0 Å². The highest BCUT2D eigenvalue weighted by Gasteiger charge is 2.53. The zero-order valence-corrected chi connectivity index (χ0v) is 16.2. The second-order valence-electron chi connectivity index (χ2n) is 8.30. The number of carbonyl (C=O) groups is 1. The Labute approximate surface area is 168 Å². The summed E-state index contributed by atoms with van der Waals surface area (Å²) in [6.07, 6.45) is 5.57. The summed E-state index contributed by atoms with van der Waals surface area (Å²) in [6.45, 7) is 1.37. The minimum Gasteiger partial charge on any atom is -0.478 e. The number of aliphatic hydroxyl groups is 1. The van der Waals surface area contributed by atoms with Gasteiger partial charge in [-0.1, -0.05) is 31.0 Å². The Hall–Kier alpha value is -2.51. The maximum absolute atomic E-state index is 14.2. The number of nitrogens with one attached hydrogen (secondary N) is 1. The smallest absolute Gasteiger partial charge is 0.337 e. The van der Waals surface area contributed by atoms with E-state index in [0.29, 0.717) is 19.5 Å². The first-order chi connectivity index (χ1) is 13.9. The predicted molar refractivity (Wildman–Crippen MR) is 106 cm³/mol. The topological polar surface area (TPSA) is 91.6 Å². The molecule has 6 nitrogen and oxygen atoms in total. The lowest BCUT2D eigenvalue weighted by molar-refractivity contribution is -0.115. The molecule has 0 radical (unpaired) electrons. The molecule has 154 valence electrons. The van der Waals surface area contributed by atoms with Crippen LogP contribution >= 0.6 is 0 Å². The summed E-state index contributed by atoms with van der Waals surface area (Å²) in [5.41, 5.74) is -1.89. The molecule has 1 aromatic carbocycles. The molecule has 1 aromatic heterocycles. The van der Waals surface area contributed by atoms with Crippen molar-refractivity contribution < 1.29 is 19.4 Å². The van der Waals surface area contributed by atoms with Crippen molar-refractivity contribution in [2.24, 2.45) is 5.41 Å². The maximum Gasteiger partial charge on any atom is 0.337 e. The number of hydrogen-bond acceptors (Lipinski definition) is 4. The molecule has 2 heterocycles. The highest BCUT2D eigenvalue weighted by molar-refractivity contribution is 5.95. The highest BCUT2D eigenvalue weighted by Crippen LogP contribution is 2.49. The van der Waals surface area contributed by atoms with E-state index in [1.165, 1.54) is 29.0 Å². The van der Waals surface area contributed by atoms with Gasteiger partial charge in [0.1, 0.15) is 5.82 Å². The summed E-state index contributed by atoms with van der Waals surface area (Å²) in [6, 6.07) is 6.95. The fourth-order valence-electron chi connectivity index (χ4n) is 5.04. The molecule has 1 spiro atoms. The SMILES string of the molecule is O=C(O)c1cn(C[C@]2(O)CCNCC23CCCC3)c(=O)cc1-c1ccccc1F. The highest BCUT2D eigenvalue weighted by atomic mass is 19.1. The summed E-state index contributed by atoms with van der Waals surface area (Å²) < 4.78 is 15.5. The molecule has 0 amide bonds. The Kier molecular flexibility index (Phi) is 5.04. The number of pyridine rings is 1. The van der Waals surface area contributed by atoms with Crippen LogP contribution in [0.5, 0.6) is 0 Å². The Bertz CT molecular complexity index is 997. The van der Waals surface area contributed by atoms with E-state index in [9.17, 15) is 24.2 Å². The van der Waals surface area contributed by atoms with Crippen molar-refractivity contribution in [3.8, 4) is 11.1 Å². The number of benzene rings is 1.